The Morgan fingerprint density at radius 1 is 1.39 bits per heavy atom. The molecule has 0 bridgehead atoms. The molecule has 2 aliphatic rings. The quantitative estimate of drug-likeness (QED) is 0.847. The average molecular weight is 337 g/mol. The predicted molar refractivity (Wildman–Crippen MR) is 93.6 cm³/mol. The van der Waals surface area contributed by atoms with Crippen molar-refractivity contribution in [3.63, 3.8) is 0 Å². The molecule has 3 atom stereocenters. The first-order chi connectivity index (χ1) is 11.2. The third-order valence-corrected chi connectivity index (χ3v) is 6.07. The van der Waals surface area contributed by atoms with E-state index in [4.69, 9.17) is 4.74 Å². The summed E-state index contributed by atoms with van der Waals surface area (Å²) in [5.41, 5.74) is 1.39. The van der Waals surface area contributed by atoms with E-state index < -0.39 is 0 Å². The first-order valence-electron chi connectivity index (χ1n) is 8.85. The highest BCUT2D eigenvalue weighted by Crippen LogP contribution is 2.27. The highest BCUT2D eigenvalue weighted by molar-refractivity contribution is 7.07. The largest absolute Gasteiger partial charge is 0.378 e. The minimum Gasteiger partial charge on any atom is -0.378 e. The van der Waals surface area contributed by atoms with Gasteiger partial charge in [0.05, 0.1) is 6.10 Å². The third-order valence-electron chi connectivity index (χ3n) is 5.37. The SMILES string of the molecule is CC[C@@H]1C[C@@H](C(=O)N2CCN([C@@H](C)c3ccsc3)CC2)CCO1. The number of thiophene rings is 1. The topological polar surface area (TPSA) is 32.8 Å². The number of hydrogen-bond acceptors (Lipinski definition) is 4. The second kappa shape index (κ2) is 7.77. The summed E-state index contributed by atoms with van der Waals surface area (Å²) in [6.07, 6.45) is 3.08. The summed E-state index contributed by atoms with van der Waals surface area (Å²) in [5, 5.41) is 4.37. The van der Waals surface area contributed by atoms with Crippen molar-refractivity contribution in [2.24, 2.45) is 5.92 Å². The van der Waals surface area contributed by atoms with Crippen molar-refractivity contribution < 1.29 is 9.53 Å². The van der Waals surface area contributed by atoms with Crippen LogP contribution in [0.1, 0.15) is 44.7 Å². The van der Waals surface area contributed by atoms with Gasteiger partial charge in [0.25, 0.3) is 0 Å². The Morgan fingerprint density at radius 2 is 2.17 bits per heavy atom. The van der Waals surface area contributed by atoms with Crippen LogP contribution in [0.2, 0.25) is 0 Å². The van der Waals surface area contributed by atoms with Gasteiger partial charge in [-0.15, -0.1) is 0 Å². The van der Waals surface area contributed by atoms with Gasteiger partial charge in [-0.05, 0) is 48.6 Å². The molecule has 2 saturated heterocycles. The Bertz CT molecular complexity index is 497. The van der Waals surface area contributed by atoms with Crippen molar-refractivity contribution in [3.8, 4) is 0 Å². The number of carbonyl (C=O) groups is 1. The van der Waals surface area contributed by atoms with E-state index in [2.05, 4.69) is 40.5 Å². The van der Waals surface area contributed by atoms with E-state index >= 15 is 0 Å². The first kappa shape index (κ1) is 16.9. The van der Waals surface area contributed by atoms with Crippen LogP contribution in [0.3, 0.4) is 0 Å². The van der Waals surface area contributed by atoms with E-state index in [1.165, 1.54) is 5.56 Å². The van der Waals surface area contributed by atoms with Gasteiger partial charge in [-0.2, -0.15) is 11.3 Å². The number of piperazine rings is 1. The Morgan fingerprint density at radius 3 is 2.83 bits per heavy atom. The molecule has 1 aromatic heterocycles. The molecular weight excluding hydrogens is 308 g/mol. The molecule has 0 saturated carbocycles. The van der Waals surface area contributed by atoms with Crippen LogP contribution >= 0.6 is 11.3 Å². The zero-order valence-electron chi connectivity index (χ0n) is 14.2. The molecule has 1 aromatic rings. The fourth-order valence-corrected chi connectivity index (χ4v) is 4.45. The number of ether oxygens (including phenoxy) is 1. The lowest BCUT2D eigenvalue weighted by atomic mass is 9.92. The van der Waals surface area contributed by atoms with Crippen LogP contribution in [0.15, 0.2) is 16.8 Å². The van der Waals surface area contributed by atoms with Crippen LogP contribution in [0.5, 0.6) is 0 Å². The molecule has 1 amide bonds. The maximum Gasteiger partial charge on any atom is 0.225 e. The predicted octanol–water partition coefficient (Wildman–Crippen LogP) is 3.16. The van der Waals surface area contributed by atoms with Crippen LogP contribution in [-0.2, 0) is 9.53 Å². The second-order valence-corrected chi connectivity index (χ2v) is 7.50. The molecule has 2 fully saturated rings. The van der Waals surface area contributed by atoms with E-state index in [1.54, 1.807) is 11.3 Å². The van der Waals surface area contributed by atoms with Gasteiger partial charge in [-0.3, -0.25) is 9.69 Å². The lowest BCUT2D eigenvalue weighted by Crippen LogP contribution is -2.51. The van der Waals surface area contributed by atoms with Crippen molar-refractivity contribution in [2.45, 2.75) is 45.3 Å². The van der Waals surface area contributed by atoms with Gasteiger partial charge in [0, 0.05) is 44.7 Å². The summed E-state index contributed by atoms with van der Waals surface area (Å²) in [6, 6.07) is 2.66. The summed E-state index contributed by atoms with van der Waals surface area (Å²) >= 11 is 1.76. The van der Waals surface area contributed by atoms with Gasteiger partial charge in [0.1, 0.15) is 0 Å². The van der Waals surface area contributed by atoms with Gasteiger partial charge >= 0.3 is 0 Å². The standard InChI is InChI=1S/C18H28N2O2S/c1-3-17-12-15(4-10-22-17)18(21)20-8-6-19(7-9-20)14(2)16-5-11-23-13-16/h5,11,13-15,17H,3-4,6-10,12H2,1-2H3/t14-,15-,17+/m0/s1. The fourth-order valence-electron chi connectivity index (χ4n) is 3.70. The maximum absolute atomic E-state index is 12.8. The van der Waals surface area contributed by atoms with E-state index in [-0.39, 0.29) is 12.0 Å². The summed E-state index contributed by atoms with van der Waals surface area (Å²) in [4.78, 5) is 17.3. The smallest absolute Gasteiger partial charge is 0.225 e. The summed E-state index contributed by atoms with van der Waals surface area (Å²) in [7, 11) is 0. The fraction of sp³-hybridized carbons (Fsp3) is 0.722. The molecule has 0 N–H and O–H groups in total. The third kappa shape index (κ3) is 3.95. The molecule has 23 heavy (non-hydrogen) atoms. The van der Waals surface area contributed by atoms with E-state index in [0.29, 0.717) is 11.9 Å². The van der Waals surface area contributed by atoms with Crippen molar-refractivity contribution in [3.05, 3.63) is 22.4 Å². The zero-order valence-corrected chi connectivity index (χ0v) is 15.1. The zero-order chi connectivity index (χ0) is 16.2. The Hall–Kier alpha value is -0.910. The Labute approximate surface area is 143 Å². The van der Waals surface area contributed by atoms with E-state index in [0.717, 1.165) is 52.0 Å². The maximum atomic E-state index is 12.8. The molecule has 0 spiro atoms. The van der Waals surface area contributed by atoms with Gasteiger partial charge in [0.15, 0.2) is 0 Å². The molecule has 0 radical (unpaired) electrons. The molecule has 5 heteroatoms. The van der Waals surface area contributed by atoms with Crippen molar-refractivity contribution >= 4 is 17.2 Å². The van der Waals surface area contributed by atoms with E-state index in [9.17, 15) is 4.79 Å². The molecule has 128 valence electrons. The number of rotatable bonds is 4. The van der Waals surface area contributed by atoms with Crippen LogP contribution < -0.4 is 0 Å². The van der Waals surface area contributed by atoms with E-state index in [1.807, 2.05) is 0 Å². The molecule has 3 heterocycles. The molecule has 2 aliphatic heterocycles. The Balaban J connectivity index is 1.51. The summed E-state index contributed by atoms with van der Waals surface area (Å²) < 4.78 is 5.71. The average Bonchev–Trinajstić information content (AvgIpc) is 3.15. The lowest BCUT2D eigenvalue weighted by molar-refractivity contribution is -0.142. The van der Waals surface area contributed by atoms with Crippen LogP contribution in [0, 0.1) is 5.92 Å². The van der Waals surface area contributed by atoms with Gasteiger partial charge in [-0.1, -0.05) is 6.92 Å². The summed E-state index contributed by atoms with van der Waals surface area (Å²) in [5.74, 6) is 0.532. The Kier molecular flexibility index (Phi) is 5.72. The molecule has 0 unspecified atom stereocenters. The monoisotopic (exact) mass is 336 g/mol. The second-order valence-electron chi connectivity index (χ2n) is 6.72. The molecule has 0 aliphatic carbocycles. The number of carbonyl (C=O) groups excluding carboxylic acids is 1. The van der Waals surface area contributed by atoms with Crippen LogP contribution in [0.4, 0.5) is 0 Å². The van der Waals surface area contributed by atoms with Crippen LogP contribution in [-0.4, -0.2) is 54.6 Å². The first-order valence-corrected chi connectivity index (χ1v) is 9.79. The molecular formula is C18H28N2O2S. The van der Waals surface area contributed by atoms with Crippen molar-refractivity contribution in [1.82, 2.24) is 9.80 Å². The van der Waals surface area contributed by atoms with Gasteiger partial charge in [0.2, 0.25) is 5.91 Å². The highest BCUT2D eigenvalue weighted by Gasteiger charge is 2.32. The molecule has 3 rings (SSSR count). The van der Waals surface area contributed by atoms with Gasteiger partial charge < -0.3 is 9.64 Å². The lowest BCUT2D eigenvalue weighted by Gasteiger charge is -2.40. The van der Waals surface area contributed by atoms with Crippen LogP contribution in [0.25, 0.3) is 0 Å². The normalized spacial score (nSPS) is 27.8. The number of amides is 1. The highest BCUT2D eigenvalue weighted by atomic mass is 32.1. The minimum absolute atomic E-state index is 0.176. The minimum atomic E-state index is 0.176. The summed E-state index contributed by atoms with van der Waals surface area (Å²) in [6.45, 7) is 8.82. The number of hydrogen-bond donors (Lipinski definition) is 0. The molecule has 4 nitrogen and oxygen atoms in total. The van der Waals surface area contributed by atoms with Crippen molar-refractivity contribution in [2.75, 3.05) is 32.8 Å². The number of nitrogens with zero attached hydrogens (tertiary/aromatic N) is 2. The molecule has 0 aromatic carbocycles. The van der Waals surface area contributed by atoms with Crippen molar-refractivity contribution in [1.29, 1.82) is 0 Å². The van der Waals surface area contributed by atoms with Gasteiger partial charge in [-0.25, -0.2) is 0 Å².